The van der Waals surface area contributed by atoms with E-state index in [1.165, 1.54) is 22.7 Å². The van der Waals surface area contributed by atoms with Crippen LogP contribution in [0.1, 0.15) is 57.1 Å². The van der Waals surface area contributed by atoms with Crippen LogP contribution < -0.4 is 15.4 Å². The summed E-state index contributed by atoms with van der Waals surface area (Å²) in [4.78, 5) is 4.37. The van der Waals surface area contributed by atoms with E-state index < -0.39 is 10.0 Å². The van der Waals surface area contributed by atoms with Crippen LogP contribution in [0.15, 0.2) is 29.3 Å². The first-order valence-electron chi connectivity index (χ1n) is 10.6. The van der Waals surface area contributed by atoms with Gasteiger partial charge in [-0.15, -0.1) is 0 Å². The quantitative estimate of drug-likeness (QED) is 0.401. The Morgan fingerprint density at radius 1 is 1.31 bits per heavy atom. The molecule has 0 saturated heterocycles. The number of guanidine groups is 1. The molecule has 1 atom stereocenters. The predicted molar refractivity (Wildman–Crippen MR) is 117 cm³/mol. The van der Waals surface area contributed by atoms with E-state index in [-0.39, 0.29) is 17.4 Å². The van der Waals surface area contributed by atoms with E-state index in [1.807, 2.05) is 12.1 Å². The standard InChI is InChI=1S/C21H34N4O3S/c1-4-29(26,27)25(3)15-9-14-23-20(22-2)24-18-16-21(12-7-8-13-21)28-19-11-6-5-10-17(18)19/h5-6,10-11,18H,4,7-9,12-16H2,1-3H3,(H2,22,23,24). The number of nitrogens with one attached hydrogen (secondary N) is 2. The maximum atomic E-state index is 11.8. The fraction of sp³-hybridized carbons (Fsp3) is 0.667. The van der Waals surface area contributed by atoms with Gasteiger partial charge in [-0.2, -0.15) is 0 Å². The number of nitrogens with zero attached hydrogens (tertiary/aromatic N) is 2. The lowest BCUT2D eigenvalue weighted by molar-refractivity contribution is 0.0396. The first-order valence-corrected chi connectivity index (χ1v) is 12.2. The Morgan fingerprint density at radius 3 is 2.72 bits per heavy atom. The Bertz CT molecular complexity index is 819. The van der Waals surface area contributed by atoms with Crippen molar-refractivity contribution in [3.8, 4) is 5.75 Å². The summed E-state index contributed by atoms with van der Waals surface area (Å²) in [6, 6.07) is 8.39. The fourth-order valence-electron chi connectivity index (χ4n) is 4.30. The van der Waals surface area contributed by atoms with Crippen LogP contribution >= 0.6 is 0 Å². The Kier molecular flexibility index (Phi) is 7.05. The Hall–Kier alpha value is -1.80. The zero-order valence-electron chi connectivity index (χ0n) is 17.8. The molecule has 1 saturated carbocycles. The molecule has 0 bridgehead atoms. The van der Waals surface area contributed by atoms with Crippen molar-refractivity contribution in [3.63, 3.8) is 0 Å². The number of hydrogen-bond acceptors (Lipinski definition) is 4. The minimum Gasteiger partial charge on any atom is -0.487 e. The normalized spacial score (nSPS) is 21.1. The topological polar surface area (TPSA) is 83.0 Å². The highest BCUT2D eigenvalue weighted by molar-refractivity contribution is 7.89. The third-order valence-corrected chi connectivity index (χ3v) is 7.89. The third kappa shape index (κ3) is 5.22. The van der Waals surface area contributed by atoms with Crippen LogP contribution in [0.5, 0.6) is 5.75 Å². The largest absolute Gasteiger partial charge is 0.487 e. The molecule has 1 fully saturated rings. The van der Waals surface area contributed by atoms with Gasteiger partial charge in [0.25, 0.3) is 0 Å². The number of ether oxygens (including phenoxy) is 1. The molecule has 7 nitrogen and oxygen atoms in total. The van der Waals surface area contributed by atoms with Crippen molar-refractivity contribution in [1.29, 1.82) is 0 Å². The number of benzene rings is 1. The van der Waals surface area contributed by atoms with Gasteiger partial charge in [-0.05, 0) is 45.1 Å². The molecule has 1 unspecified atom stereocenters. The number of rotatable bonds is 7. The lowest BCUT2D eigenvalue weighted by Gasteiger charge is -2.40. The monoisotopic (exact) mass is 422 g/mol. The Labute approximate surface area is 175 Å². The zero-order valence-corrected chi connectivity index (χ0v) is 18.6. The molecule has 1 aliphatic heterocycles. The van der Waals surface area contributed by atoms with Crippen molar-refractivity contribution in [1.82, 2.24) is 14.9 Å². The van der Waals surface area contributed by atoms with Gasteiger partial charge in [0, 0.05) is 39.2 Å². The number of para-hydroxylation sites is 1. The molecule has 8 heteroatoms. The molecular formula is C21H34N4O3S. The first-order chi connectivity index (χ1) is 13.9. The van der Waals surface area contributed by atoms with Gasteiger partial charge in [0.15, 0.2) is 5.96 Å². The van der Waals surface area contributed by atoms with Crippen molar-refractivity contribution in [2.24, 2.45) is 4.99 Å². The van der Waals surface area contributed by atoms with Crippen LogP contribution in [-0.4, -0.2) is 57.2 Å². The molecule has 2 aliphatic rings. The van der Waals surface area contributed by atoms with Crippen molar-refractivity contribution >= 4 is 16.0 Å². The molecule has 1 heterocycles. The number of aliphatic imine (C=N–C) groups is 1. The van der Waals surface area contributed by atoms with Gasteiger partial charge in [-0.25, -0.2) is 12.7 Å². The van der Waals surface area contributed by atoms with Crippen molar-refractivity contribution in [3.05, 3.63) is 29.8 Å². The second-order valence-electron chi connectivity index (χ2n) is 8.01. The van der Waals surface area contributed by atoms with Crippen molar-refractivity contribution in [2.75, 3.05) is 32.9 Å². The summed E-state index contributed by atoms with van der Waals surface area (Å²) in [6.45, 7) is 2.81. The maximum absolute atomic E-state index is 11.8. The molecule has 1 aliphatic carbocycles. The Balaban J connectivity index is 1.59. The van der Waals surface area contributed by atoms with Gasteiger partial charge in [0.05, 0.1) is 11.8 Å². The van der Waals surface area contributed by atoms with Gasteiger partial charge in [-0.3, -0.25) is 4.99 Å². The van der Waals surface area contributed by atoms with E-state index in [0.717, 1.165) is 31.0 Å². The van der Waals surface area contributed by atoms with Gasteiger partial charge < -0.3 is 15.4 Å². The maximum Gasteiger partial charge on any atom is 0.213 e. The van der Waals surface area contributed by atoms with Crippen molar-refractivity contribution < 1.29 is 13.2 Å². The minimum absolute atomic E-state index is 0.0674. The summed E-state index contributed by atoms with van der Waals surface area (Å²) in [7, 11) is 0.267. The van der Waals surface area contributed by atoms with E-state index in [4.69, 9.17) is 4.74 Å². The summed E-state index contributed by atoms with van der Waals surface area (Å²) in [5.41, 5.74) is 1.10. The molecule has 0 aromatic heterocycles. The van der Waals surface area contributed by atoms with Crippen LogP contribution in [-0.2, 0) is 10.0 Å². The van der Waals surface area contributed by atoms with E-state index in [0.29, 0.717) is 19.5 Å². The summed E-state index contributed by atoms with van der Waals surface area (Å²) in [5.74, 6) is 1.84. The van der Waals surface area contributed by atoms with Gasteiger partial charge in [-0.1, -0.05) is 18.2 Å². The fourth-order valence-corrected chi connectivity index (χ4v) is 5.15. The number of hydrogen-bond donors (Lipinski definition) is 2. The van der Waals surface area contributed by atoms with Crippen molar-refractivity contribution in [2.45, 2.75) is 57.1 Å². The highest BCUT2D eigenvalue weighted by atomic mass is 32.2. The molecule has 0 amide bonds. The lowest BCUT2D eigenvalue weighted by Crippen LogP contribution is -2.47. The SMILES string of the molecule is CCS(=O)(=O)N(C)CCCNC(=NC)NC1CC2(CCCC2)Oc2ccccc21. The summed E-state index contributed by atoms with van der Waals surface area (Å²) in [5, 5.41) is 6.90. The van der Waals surface area contributed by atoms with Crippen LogP contribution in [0.3, 0.4) is 0 Å². The van der Waals surface area contributed by atoms with Gasteiger partial charge >= 0.3 is 0 Å². The van der Waals surface area contributed by atoms with Crippen LogP contribution in [0.4, 0.5) is 0 Å². The first kappa shape index (κ1) is 21.9. The van der Waals surface area contributed by atoms with E-state index >= 15 is 0 Å². The highest BCUT2D eigenvalue weighted by Gasteiger charge is 2.43. The second kappa shape index (κ2) is 9.34. The average Bonchev–Trinajstić information content (AvgIpc) is 3.17. The molecule has 1 spiro atoms. The second-order valence-corrected chi connectivity index (χ2v) is 10.4. The summed E-state index contributed by atoms with van der Waals surface area (Å²) >= 11 is 0. The molecule has 0 radical (unpaired) electrons. The molecular weight excluding hydrogens is 388 g/mol. The van der Waals surface area contributed by atoms with E-state index in [1.54, 1.807) is 21.0 Å². The number of sulfonamides is 1. The lowest BCUT2D eigenvalue weighted by atomic mass is 9.86. The average molecular weight is 423 g/mol. The summed E-state index contributed by atoms with van der Waals surface area (Å²) < 4.78 is 31.5. The van der Waals surface area contributed by atoms with Gasteiger partial charge in [0.2, 0.25) is 10.0 Å². The number of fused-ring (bicyclic) bond motifs is 1. The molecule has 162 valence electrons. The summed E-state index contributed by atoms with van der Waals surface area (Å²) in [6.07, 6.45) is 6.28. The van der Waals surface area contributed by atoms with Crippen LogP contribution in [0.2, 0.25) is 0 Å². The van der Waals surface area contributed by atoms with E-state index in [9.17, 15) is 8.42 Å². The molecule has 29 heavy (non-hydrogen) atoms. The van der Waals surface area contributed by atoms with E-state index in [2.05, 4.69) is 27.8 Å². The molecule has 3 rings (SSSR count). The molecule has 1 aromatic carbocycles. The molecule has 2 N–H and O–H groups in total. The zero-order chi connectivity index (χ0) is 20.9. The third-order valence-electron chi connectivity index (χ3n) is 6.03. The smallest absolute Gasteiger partial charge is 0.213 e. The van der Waals surface area contributed by atoms with Gasteiger partial charge in [0.1, 0.15) is 11.4 Å². The predicted octanol–water partition coefficient (Wildman–Crippen LogP) is 2.66. The minimum atomic E-state index is -3.13. The highest BCUT2D eigenvalue weighted by Crippen LogP contribution is 2.46. The molecule has 1 aromatic rings. The van der Waals surface area contributed by atoms with Crippen LogP contribution in [0, 0.1) is 0 Å². The Morgan fingerprint density at radius 2 is 2.03 bits per heavy atom. The van der Waals surface area contributed by atoms with Crippen LogP contribution in [0.25, 0.3) is 0 Å².